The summed E-state index contributed by atoms with van der Waals surface area (Å²) in [5.74, 6) is -0.155. The van der Waals surface area contributed by atoms with Gasteiger partial charge in [0.2, 0.25) is 5.91 Å². The molecule has 0 radical (unpaired) electrons. The average Bonchev–Trinajstić information content (AvgIpc) is 3.16. The third kappa shape index (κ3) is 3.25. The molecule has 0 aromatic heterocycles. The van der Waals surface area contributed by atoms with E-state index in [1.807, 2.05) is 0 Å². The Bertz CT molecular complexity index is 585. The normalized spacial score (nSPS) is 21.4. The summed E-state index contributed by atoms with van der Waals surface area (Å²) in [5, 5.41) is 3.41. The van der Waals surface area contributed by atoms with Gasteiger partial charge in [-0.3, -0.25) is 9.59 Å². The maximum atomic E-state index is 12.4. The zero-order valence-corrected chi connectivity index (χ0v) is 13.1. The third-order valence-electron chi connectivity index (χ3n) is 4.08. The number of carbonyl (C=O) groups excluding carboxylic acids is 2. The zero-order chi connectivity index (χ0) is 15.5. The Morgan fingerprint density at radius 2 is 2.27 bits per heavy atom. The van der Waals surface area contributed by atoms with Crippen molar-refractivity contribution in [3.8, 4) is 0 Å². The van der Waals surface area contributed by atoms with Crippen LogP contribution in [-0.4, -0.2) is 37.6 Å². The number of hydrogen-bond acceptors (Lipinski definition) is 3. The first kappa shape index (κ1) is 15.3. The number of rotatable bonds is 4. The molecule has 0 spiro atoms. The molecule has 1 aromatic carbocycles. The molecule has 0 unspecified atom stereocenters. The topological polar surface area (TPSA) is 58.6 Å². The fourth-order valence-electron chi connectivity index (χ4n) is 2.93. The molecule has 1 N–H and O–H groups in total. The van der Waals surface area contributed by atoms with E-state index in [0.29, 0.717) is 35.8 Å². The van der Waals surface area contributed by atoms with Gasteiger partial charge in [-0.1, -0.05) is 11.6 Å². The summed E-state index contributed by atoms with van der Waals surface area (Å²) in [6.07, 6.45) is 3.42. The second-order valence-corrected chi connectivity index (χ2v) is 6.09. The lowest BCUT2D eigenvalue weighted by Crippen LogP contribution is -2.34. The van der Waals surface area contributed by atoms with E-state index >= 15 is 0 Å². The van der Waals surface area contributed by atoms with Gasteiger partial charge in [0.05, 0.1) is 17.4 Å². The molecule has 5 nitrogen and oxygen atoms in total. The Morgan fingerprint density at radius 1 is 1.41 bits per heavy atom. The number of halogens is 1. The lowest BCUT2D eigenvalue weighted by molar-refractivity contribution is -0.117. The predicted octanol–water partition coefficient (Wildman–Crippen LogP) is 2.38. The molecular weight excluding hydrogens is 304 g/mol. The zero-order valence-electron chi connectivity index (χ0n) is 12.3. The highest BCUT2D eigenvalue weighted by atomic mass is 35.5. The molecular formula is C16H19ClN2O3. The minimum Gasteiger partial charge on any atom is -0.376 e. The first-order valence-electron chi connectivity index (χ1n) is 7.65. The molecule has 22 heavy (non-hydrogen) atoms. The fraction of sp³-hybridized carbons (Fsp3) is 0.500. The number of amides is 2. The highest BCUT2D eigenvalue weighted by Crippen LogP contribution is 2.28. The molecule has 2 aliphatic heterocycles. The van der Waals surface area contributed by atoms with Crippen LogP contribution in [0.5, 0.6) is 0 Å². The van der Waals surface area contributed by atoms with Gasteiger partial charge in [0, 0.05) is 31.1 Å². The monoisotopic (exact) mass is 322 g/mol. The number of benzene rings is 1. The van der Waals surface area contributed by atoms with E-state index in [1.54, 1.807) is 23.1 Å². The van der Waals surface area contributed by atoms with Crippen molar-refractivity contribution in [1.82, 2.24) is 5.32 Å². The van der Waals surface area contributed by atoms with Crippen molar-refractivity contribution in [2.24, 2.45) is 0 Å². The molecule has 118 valence electrons. The minimum absolute atomic E-state index is 0.0374. The number of nitrogens with one attached hydrogen (secondary N) is 1. The molecule has 1 atom stereocenters. The number of anilines is 1. The number of ether oxygens (including phenoxy) is 1. The highest BCUT2D eigenvalue weighted by Gasteiger charge is 2.26. The molecule has 0 saturated carbocycles. The van der Waals surface area contributed by atoms with Gasteiger partial charge < -0.3 is 15.0 Å². The summed E-state index contributed by atoms with van der Waals surface area (Å²) in [7, 11) is 0. The van der Waals surface area contributed by atoms with E-state index in [0.717, 1.165) is 25.9 Å². The highest BCUT2D eigenvalue weighted by molar-refractivity contribution is 6.31. The van der Waals surface area contributed by atoms with E-state index in [9.17, 15) is 9.59 Å². The summed E-state index contributed by atoms with van der Waals surface area (Å²) in [4.78, 5) is 26.1. The molecule has 2 amide bonds. The van der Waals surface area contributed by atoms with Crippen LogP contribution in [0, 0.1) is 0 Å². The molecule has 6 heteroatoms. The van der Waals surface area contributed by atoms with Crippen molar-refractivity contribution in [1.29, 1.82) is 0 Å². The van der Waals surface area contributed by atoms with E-state index in [1.165, 1.54) is 0 Å². The van der Waals surface area contributed by atoms with Gasteiger partial charge in [-0.05, 0) is 37.5 Å². The van der Waals surface area contributed by atoms with E-state index in [-0.39, 0.29) is 17.9 Å². The molecule has 0 bridgehead atoms. The summed E-state index contributed by atoms with van der Waals surface area (Å²) < 4.78 is 5.51. The Morgan fingerprint density at radius 3 is 2.95 bits per heavy atom. The summed E-state index contributed by atoms with van der Waals surface area (Å²) in [6, 6.07) is 5.03. The number of carbonyl (C=O) groups is 2. The van der Waals surface area contributed by atoms with Crippen LogP contribution in [-0.2, 0) is 9.53 Å². The molecule has 1 aromatic rings. The summed E-state index contributed by atoms with van der Waals surface area (Å²) in [5.41, 5.74) is 1.08. The van der Waals surface area contributed by atoms with Gasteiger partial charge in [-0.25, -0.2) is 0 Å². The Balaban J connectivity index is 1.76. The van der Waals surface area contributed by atoms with Crippen LogP contribution in [0.1, 0.15) is 36.0 Å². The van der Waals surface area contributed by atoms with Gasteiger partial charge in [0.25, 0.3) is 5.91 Å². The Labute approximate surface area is 134 Å². The number of nitrogens with zero attached hydrogens (tertiary/aromatic N) is 1. The summed E-state index contributed by atoms with van der Waals surface area (Å²) in [6.45, 7) is 1.88. The van der Waals surface area contributed by atoms with Crippen LogP contribution >= 0.6 is 11.6 Å². The van der Waals surface area contributed by atoms with Crippen molar-refractivity contribution in [2.45, 2.75) is 31.8 Å². The lowest BCUT2D eigenvalue weighted by atomic mass is 10.1. The van der Waals surface area contributed by atoms with Gasteiger partial charge in [-0.2, -0.15) is 0 Å². The smallest absolute Gasteiger partial charge is 0.253 e. The molecule has 2 heterocycles. The number of hydrogen-bond donors (Lipinski definition) is 1. The SMILES string of the molecule is O=C(NC[C@@H]1CCCO1)c1ccc(Cl)cc1N1CCCC1=O. The second-order valence-electron chi connectivity index (χ2n) is 5.66. The summed E-state index contributed by atoms with van der Waals surface area (Å²) >= 11 is 6.04. The van der Waals surface area contributed by atoms with Crippen LogP contribution in [0.25, 0.3) is 0 Å². The third-order valence-corrected chi connectivity index (χ3v) is 4.32. The van der Waals surface area contributed by atoms with Gasteiger partial charge in [0.1, 0.15) is 0 Å². The average molecular weight is 323 g/mol. The lowest BCUT2D eigenvalue weighted by Gasteiger charge is -2.20. The predicted molar refractivity (Wildman–Crippen MR) is 84.3 cm³/mol. The quantitative estimate of drug-likeness (QED) is 0.926. The standard InChI is InChI=1S/C16H19ClN2O3/c17-11-5-6-13(14(9-11)19-7-1-4-15(19)20)16(21)18-10-12-3-2-8-22-12/h5-6,9,12H,1-4,7-8,10H2,(H,18,21)/t12-/m0/s1. The van der Waals surface area contributed by atoms with E-state index in [2.05, 4.69) is 5.32 Å². The van der Waals surface area contributed by atoms with Crippen molar-refractivity contribution < 1.29 is 14.3 Å². The molecule has 2 aliphatic rings. The van der Waals surface area contributed by atoms with Crippen molar-refractivity contribution in [3.05, 3.63) is 28.8 Å². The first-order chi connectivity index (χ1) is 10.6. The van der Waals surface area contributed by atoms with Crippen LogP contribution in [0.4, 0.5) is 5.69 Å². The van der Waals surface area contributed by atoms with E-state index in [4.69, 9.17) is 16.3 Å². The van der Waals surface area contributed by atoms with Crippen molar-refractivity contribution in [3.63, 3.8) is 0 Å². The first-order valence-corrected chi connectivity index (χ1v) is 8.02. The maximum absolute atomic E-state index is 12.4. The van der Waals surface area contributed by atoms with Crippen LogP contribution < -0.4 is 10.2 Å². The van der Waals surface area contributed by atoms with Crippen LogP contribution in [0.3, 0.4) is 0 Å². The largest absolute Gasteiger partial charge is 0.376 e. The van der Waals surface area contributed by atoms with Crippen molar-refractivity contribution in [2.75, 3.05) is 24.6 Å². The molecule has 2 saturated heterocycles. The van der Waals surface area contributed by atoms with Gasteiger partial charge >= 0.3 is 0 Å². The molecule has 2 fully saturated rings. The minimum atomic E-state index is -0.193. The Hall–Kier alpha value is -1.59. The van der Waals surface area contributed by atoms with Crippen molar-refractivity contribution >= 4 is 29.1 Å². The molecule has 0 aliphatic carbocycles. The van der Waals surface area contributed by atoms with E-state index < -0.39 is 0 Å². The van der Waals surface area contributed by atoms with Crippen LogP contribution in [0.15, 0.2) is 18.2 Å². The van der Waals surface area contributed by atoms with Gasteiger partial charge in [-0.15, -0.1) is 0 Å². The second kappa shape index (κ2) is 6.67. The Kier molecular flexibility index (Phi) is 4.64. The molecule has 3 rings (SSSR count). The van der Waals surface area contributed by atoms with Gasteiger partial charge in [0.15, 0.2) is 0 Å². The maximum Gasteiger partial charge on any atom is 0.253 e. The fourth-order valence-corrected chi connectivity index (χ4v) is 3.10. The van der Waals surface area contributed by atoms with Crippen LogP contribution in [0.2, 0.25) is 5.02 Å².